The predicted molar refractivity (Wildman–Crippen MR) is 126 cm³/mol. The Morgan fingerprint density at radius 3 is 2.45 bits per heavy atom. The molecule has 0 unspecified atom stereocenters. The topological polar surface area (TPSA) is 49.4 Å². The number of nitrogens with one attached hydrogen (secondary N) is 1. The van der Waals surface area contributed by atoms with Crippen LogP contribution < -0.4 is 10.2 Å². The lowest BCUT2D eigenvalue weighted by Crippen LogP contribution is -2.35. The molecule has 0 spiro atoms. The maximum Gasteiger partial charge on any atom is 0.259 e. The highest BCUT2D eigenvalue weighted by Gasteiger charge is 2.30. The second-order valence-electron chi connectivity index (χ2n) is 7.17. The van der Waals surface area contributed by atoms with Gasteiger partial charge in [-0.2, -0.15) is 0 Å². The third-order valence-corrected chi connectivity index (χ3v) is 6.49. The molecule has 2 amide bonds. The van der Waals surface area contributed by atoms with Gasteiger partial charge in [0.25, 0.3) is 5.91 Å². The van der Waals surface area contributed by atoms with E-state index in [2.05, 4.69) is 5.32 Å². The van der Waals surface area contributed by atoms with Crippen LogP contribution in [0.4, 0.5) is 11.4 Å². The molecular formula is C25H17ClN2O2S. The lowest BCUT2D eigenvalue weighted by Gasteiger charge is -2.18. The second-order valence-corrected chi connectivity index (χ2v) is 8.72. The molecule has 0 atom stereocenters. The van der Waals surface area contributed by atoms with Gasteiger partial charge in [-0.25, -0.2) is 0 Å². The molecule has 4 aromatic carbocycles. The lowest BCUT2D eigenvalue weighted by molar-refractivity contribution is -0.114. The Hall–Kier alpha value is -3.28. The van der Waals surface area contributed by atoms with Crippen LogP contribution in [0.1, 0.15) is 10.4 Å². The number of amides is 2. The van der Waals surface area contributed by atoms with E-state index in [0.29, 0.717) is 16.3 Å². The Balaban J connectivity index is 1.36. The van der Waals surface area contributed by atoms with Gasteiger partial charge in [-0.1, -0.05) is 59.8 Å². The molecule has 1 aliphatic heterocycles. The predicted octanol–water partition coefficient (Wildman–Crippen LogP) is 6.24. The first kappa shape index (κ1) is 19.7. The summed E-state index contributed by atoms with van der Waals surface area (Å²) in [6.45, 7) is -0.0490. The van der Waals surface area contributed by atoms with Crippen molar-refractivity contribution in [1.29, 1.82) is 0 Å². The lowest BCUT2D eigenvalue weighted by atomic mass is 10.1. The van der Waals surface area contributed by atoms with Crippen LogP contribution in [0.3, 0.4) is 0 Å². The summed E-state index contributed by atoms with van der Waals surface area (Å²) in [5, 5.41) is 5.55. The summed E-state index contributed by atoms with van der Waals surface area (Å²) in [4.78, 5) is 29.3. The van der Waals surface area contributed by atoms with Crippen LogP contribution in [0.2, 0.25) is 5.02 Å². The number of carbonyl (C=O) groups is 2. The Morgan fingerprint density at radius 1 is 0.903 bits per heavy atom. The molecule has 6 heteroatoms. The summed E-state index contributed by atoms with van der Waals surface area (Å²) in [5.41, 5.74) is 2.12. The van der Waals surface area contributed by atoms with Crippen LogP contribution in [0.5, 0.6) is 0 Å². The fourth-order valence-corrected chi connectivity index (χ4v) is 4.79. The molecule has 1 heterocycles. The maximum atomic E-state index is 12.9. The molecule has 0 radical (unpaired) electrons. The SMILES string of the molecule is O=C(CN1C(=O)c2cccc3cccc1c23)Nc1ccccc1Sc1ccc(Cl)cc1. The Kier molecular flexibility index (Phi) is 5.14. The van der Waals surface area contributed by atoms with Crippen molar-refractivity contribution >= 4 is 57.3 Å². The van der Waals surface area contributed by atoms with E-state index in [-0.39, 0.29) is 18.4 Å². The Bertz CT molecular complexity index is 1320. The first-order valence-electron chi connectivity index (χ1n) is 9.76. The quantitative estimate of drug-likeness (QED) is 0.396. The average Bonchev–Trinajstić information content (AvgIpc) is 3.05. The van der Waals surface area contributed by atoms with Gasteiger partial charge in [-0.15, -0.1) is 0 Å². The van der Waals surface area contributed by atoms with Crippen LogP contribution in [-0.4, -0.2) is 18.4 Å². The molecule has 0 saturated heterocycles. The van der Waals surface area contributed by atoms with Crippen molar-refractivity contribution in [1.82, 2.24) is 0 Å². The molecule has 1 N–H and O–H groups in total. The van der Waals surface area contributed by atoms with Crippen molar-refractivity contribution in [3.8, 4) is 0 Å². The van der Waals surface area contributed by atoms with Gasteiger partial charge in [0.15, 0.2) is 0 Å². The van der Waals surface area contributed by atoms with Gasteiger partial charge in [0.2, 0.25) is 5.91 Å². The second kappa shape index (κ2) is 8.10. The van der Waals surface area contributed by atoms with Crippen molar-refractivity contribution in [2.45, 2.75) is 9.79 Å². The van der Waals surface area contributed by atoms with Gasteiger partial charge in [0.05, 0.1) is 11.4 Å². The molecule has 4 aromatic rings. The van der Waals surface area contributed by atoms with Gasteiger partial charge in [0, 0.05) is 25.8 Å². The van der Waals surface area contributed by atoms with E-state index < -0.39 is 0 Å². The molecule has 0 bridgehead atoms. The summed E-state index contributed by atoms with van der Waals surface area (Å²) in [7, 11) is 0. The molecule has 0 aromatic heterocycles. The smallest absolute Gasteiger partial charge is 0.259 e. The number of carbonyl (C=O) groups excluding carboxylic acids is 2. The van der Waals surface area contributed by atoms with Crippen LogP contribution in [0, 0.1) is 0 Å². The molecule has 152 valence electrons. The maximum absolute atomic E-state index is 12.9. The van der Waals surface area contributed by atoms with E-state index in [1.807, 2.05) is 84.9 Å². The molecule has 0 aliphatic carbocycles. The number of anilines is 2. The van der Waals surface area contributed by atoms with Gasteiger partial charge in [-0.05, 0) is 53.9 Å². The van der Waals surface area contributed by atoms with E-state index >= 15 is 0 Å². The molecular weight excluding hydrogens is 428 g/mol. The summed E-state index contributed by atoms with van der Waals surface area (Å²) in [6, 6.07) is 26.6. The highest BCUT2D eigenvalue weighted by Crippen LogP contribution is 2.37. The normalized spacial score (nSPS) is 12.4. The number of benzene rings is 4. The molecule has 5 rings (SSSR count). The Labute approximate surface area is 188 Å². The minimum absolute atomic E-state index is 0.0490. The highest BCUT2D eigenvalue weighted by molar-refractivity contribution is 7.99. The van der Waals surface area contributed by atoms with Gasteiger partial charge >= 0.3 is 0 Å². The van der Waals surface area contributed by atoms with Gasteiger partial charge < -0.3 is 5.32 Å². The monoisotopic (exact) mass is 444 g/mol. The number of nitrogens with zero attached hydrogens (tertiary/aromatic N) is 1. The average molecular weight is 445 g/mol. The summed E-state index contributed by atoms with van der Waals surface area (Å²) in [6.07, 6.45) is 0. The van der Waals surface area contributed by atoms with Crippen molar-refractivity contribution in [2.24, 2.45) is 0 Å². The van der Waals surface area contributed by atoms with Crippen LogP contribution >= 0.6 is 23.4 Å². The van der Waals surface area contributed by atoms with Crippen molar-refractivity contribution in [3.05, 3.63) is 95.5 Å². The fraction of sp³-hybridized carbons (Fsp3) is 0.0400. The van der Waals surface area contributed by atoms with Gasteiger partial charge in [0.1, 0.15) is 6.54 Å². The number of hydrogen-bond acceptors (Lipinski definition) is 3. The number of halogens is 1. The number of hydrogen-bond donors (Lipinski definition) is 1. The zero-order valence-electron chi connectivity index (χ0n) is 16.3. The highest BCUT2D eigenvalue weighted by atomic mass is 35.5. The molecule has 0 fully saturated rings. The van der Waals surface area contributed by atoms with E-state index in [1.165, 1.54) is 11.8 Å². The number of para-hydroxylation sites is 1. The Morgan fingerprint density at radius 2 is 1.65 bits per heavy atom. The van der Waals surface area contributed by atoms with E-state index in [9.17, 15) is 9.59 Å². The molecule has 4 nitrogen and oxygen atoms in total. The fourth-order valence-electron chi connectivity index (χ4n) is 3.76. The van der Waals surface area contributed by atoms with Crippen molar-refractivity contribution in [3.63, 3.8) is 0 Å². The third kappa shape index (κ3) is 3.78. The van der Waals surface area contributed by atoms with E-state index in [1.54, 1.807) is 4.90 Å². The largest absolute Gasteiger partial charge is 0.324 e. The minimum atomic E-state index is -0.248. The van der Waals surface area contributed by atoms with Crippen molar-refractivity contribution < 1.29 is 9.59 Å². The zero-order valence-corrected chi connectivity index (χ0v) is 17.9. The first-order chi connectivity index (χ1) is 15.1. The van der Waals surface area contributed by atoms with Crippen LogP contribution in [-0.2, 0) is 4.79 Å². The summed E-state index contributed by atoms with van der Waals surface area (Å²) in [5.74, 6) is -0.395. The van der Waals surface area contributed by atoms with E-state index in [0.717, 1.165) is 26.3 Å². The van der Waals surface area contributed by atoms with Crippen LogP contribution in [0.15, 0.2) is 94.7 Å². The number of rotatable bonds is 5. The molecule has 1 aliphatic rings. The standard InChI is InChI=1S/C25H17ClN2O2S/c26-17-11-13-18(14-12-17)31-22-10-2-1-8-20(22)27-23(29)15-28-21-9-4-6-16-5-3-7-19(24(16)21)25(28)30/h1-14H,15H2,(H,27,29). The third-order valence-electron chi connectivity index (χ3n) is 5.15. The molecule has 31 heavy (non-hydrogen) atoms. The molecule has 0 saturated carbocycles. The minimum Gasteiger partial charge on any atom is -0.324 e. The zero-order chi connectivity index (χ0) is 21.4. The summed E-state index contributed by atoms with van der Waals surface area (Å²) < 4.78 is 0. The first-order valence-corrected chi connectivity index (χ1v) is 11.0. The van der Waals surface area contributed by atoms with Crippen molar-refractivity contribution in [2.75, 3.05) is 16.8 Å². The van der Waals surface area contributed by atoms with Gasteiger partial charge in [-0.3, -0.25) is 14.5 Å². The summed E-state index contributed by atoms with van der Waals surface area (Å²) >= 11 is 7.51. The van der Waals surface area contributed by atoms with Crippen LogP contribution in [0.25, 0.3) is 10.8 Å². The van der Waals surface area contributed by atoms with E-state index in [4.69, 9.17) is 11.6 Å².